The largest absolute Gasteiger partial charge is 0.290 e. The van der Waals surface area contributed by atoms with Crippen LogP contribution >= 0.6 is 51.9 Å². The van der Waals surface area contributed by atoms with Gasteiger partial charge in [0, 0.05) is 22.8 Å². The maximum absolute atomic E-state index is 12.3. The molecule has 1 aromatic heterocycles. The fourth-order valence-electron chi connectivity index (χ4n) is 2.11. The smallest absolute Gasteiger partial charge is 0.261 e. The highest BCUT2D eigenvalue weighted by Crippen LogP contribution is 2.27. The normalized spacial score (nSPS) is 10.6. The van der Waals surface area contributed by atoms with E-state index in [-0.39, 0.29) is 22.5 Å². The Kier molecular flexibility index (Phi) is 6.14. The summed E-state index contributed by atoms with van der Waals surface area (Å²) in [6.45, 7) is 0. The van der Waals surface area contributed by atoms with Gasteiger partial charge in [-0.25, -0.2) is 4.98 Å². The first kappa shape index (κ1) is 18.3. The van der Waals surface area contributed by atoms with E-state index in [1.165, 1.54) is 11.8 Å². The van der Waals surface area contributed by atoms with E-state index in [1.54, 1.807) is 29.8 Å². The molecule has 0 saturated carbocycles. The minimum absolute atomic E-state index is 0. The van der Waals surface area contributed by atoms with E-state index in [0.29, 0.717) is 31.9 Å². The molecule has 3 nitrogen and oxygen atoms in total. The number of benzene rings is 2. The van der Waals surface area contributed by atoms with Crippen molar-refractivity contribution < 1.29 is 0 Å². The monoisotopic (exact) mass is 430 g/mol. The van der Waals surface area contributed by atoms with Crippen LogP contribution in [0.1, 0.15) is 5.56 Å². The number of halogens is 3. The lowest BCUT2D eigenvalue weighted by Gasteiger charge is -2.09. The Morgan fingerprint density at radius 2 is 1.91 bits per heavy atom. The molecule has 0 saturated heterocycles. The molecule has 3 rings (SSSR count). The van der Waals surface area contributed by atoms with Gasteiger partial charge in [-0.2, -0.15) is 0 Å². The molecule has 0 unspecified atom stereocenters. The highest BCUT2D eigenvalue weighted by atomic mass is 79.9. The number of nitrogens with zero attached hydrogens (tertiary/aromatic N) is 2. The highest BCUT2D eigenvalue weighted by Gasteiger charge is 2.09. The van der Waals surface area contributed by atoms with E-state index in [0.717, 1.165) is 5.56 Å². The van der Waals surface area contributed by atoms with Crippen LogP contribution in [0.25, 0.3) is 10.9 Å². The summed E-state index contributed by atoms with van der Waals surface area (Å²) in [5.74, 6) is 0.620. The maximum Gasteiger partial charge on any atom is 0.261 e. The van der Waals surface area contributed by atoms with Crippen LogP contribution in [-0.2, 0) is 12.8 Å². The van der Waals surface area contributed by atoms with Crippen LogP contribution in [0.15, 0.2) is 52.4 Å². The first-order valence-corrected chi connectivity index (χ1v) is 8.33. The van der Waals surface area contributed by atoms with Gasteiger partial charge in [-0.1, -0.05) is 53.2 Å². The second kappa shape index (κ2) is 7.71. The lowest BCUT2D eigenvalue weighted by Crippen LogP contribution is -2.19. The molecule has 0 bridgehead atoms. The molecule has 23 heavy (non-hydrogen) atoms. The van der Waals surface area contributed by atoms with Crippen LogP contribution in [0.3, 0.4) is 0 Å². The zero-order chi connectivity index (χ0) is 15.7. The number of para-hydroxylation sites is 1. The van der Waals surface area contributed by atoms with Crippen molar-refractivity contribution in [1.29, 1.82) is 0 Å². The molecule has 0 aliphatic heterocycles. The predicted molar refractivity (Wildman–Crippen MR) is 103 cm³/mol. The minimum Gasteiger partial charge on any atom is -0.290 e. The molecular formula is C16H13BrCl2N2OS. The predicted octanol–water partition coefficient (Wildman–Crippen LogP) is 5.11. The first-order valence-electron chi connectivity index (χ1n) is 6.59. The van der Waals surface area contributed by atoms with E-state index in [9.17, 15) is 4.79 Å². The van der Waals surface area contributed by atoms with Gasteiger partial charge >= 0.3 is 0 Å². The lowest BCUT2D eigenvalue weighted by molar-refractivity contribution is 0.726. The van der Waals surface area contributed by atoms with Gasteiger partial charge in [0.2, 0.25) is 0 Å². The van der Waals surface area contributed by atoms with Crippen molar-refractivity contribution in [2.75, 3.05) is 0 Å². The number of thioether (sulfide) groups is 1. The molecule has 2 aromatic carbocycles. The van der Waals surface area contributed by atoms with Crippen molar-refractivity contribution in [3.63, 3.8) is 0 Å². The van der Waals surface area contributed by atoms with Crippen molar-refractivity contribution in [2.45, 2.75) is 10.9 Å². The Hall–Kier alpha value is -1.01. The van der Waals surface area contributed by atoms with Crippen molar-refractivity contribution in [3.8, 4) is 0 Å². The number of hydrogen-bond donors (Lipinski definition) is 0. The Labute approximate surface area is 158 Å². The van der Waals surface area contributed by atoms with Crippen LogP contribution in [0.5, 0.6) is 0 Å². The molecule has 0 spiro atoms. The van der Waals surface area contributed by atoms with E-state index < -0.39 is 0 Å². The molecule has 0 amide bonds. The fraction of sp³-hybridized carbons (Fsp3) is 0.125. The van der Waals surface area contributed by atoms with Crippen LogP contribution in [-0.4, -0.2) is 9.55 Å². The van der Waals surface area contributed by atoms with Gasteiger partial charge in [0.05, 0.1) is 10.9 Å². The van der Waals surface area contributed by atoms with Gasteiger partial charge in [-0.15, -0.1) is 17.0 Å². The minimum atomic E-state index is -0.0460. The van der Waals surface area contributed by atoms with E-state index in [2.05, 4.69) is 4.98 Å². The highest BCUT2D eigenvalue weighted by molar-refractivity contribution is 8.93. The second-order valence-corrected chi connectivity index (χ2v) is 6.59. The Balaban J connectivity index is 0.00000192. The van der Waals surface area contributed by atoms with Crippen LogP contribution in [0.2, 0.25) is 10.0 Å². The van der Waals surface area contributed by atoms with Crippen molar-refractivity contribution >= 4 is 62.8 Å². The zero-order valence-corrected chi connectivity index (χ0v) is 16.2. The molecule has 0 aliphatic carbocycles. The Bertz CT molecular complexity index is 914. The van der Waals surface area contributed by atoms with Gasteiger partial charge in [-0.05, 0) is 29.8 Å². The molecule has 0 N–H and O–H groups in total. The number of aromatic nitrogens is 2. The third-order valence-electron chi connectivity index (χ3n) is 3.31. The Morgan fingerprint density at radius 1 is 1.17 bits per heavy atom. The van der Waals surface area contributed by atoms with Gasteiger partial charge < -0.3 is 0 Å². The molecule has 7 heteroatoms. The molecular weight excluding hydrogens is 419 g/mol. The zero-order valence-electron chi connectivity index (χ0n) is 12.1. The molecule has 1 heterocycles. The van der Waals surface area contributed by atoms with E-state index in [4.69, 9.17) is 23.2 Å². The summed E-state index contributed by atoms with van der Waals surface area (Å²) in [6, 6.07) is 12.7. The molecule has 0 fully saturated rings. The standard InChI is InChI=1S/C16H12Cl2N2OS.BrH/c1-20-15(21)12-4-2-3-5-14(12)19-16(20)22-9-10-6-7-11(17)8-13(10)18;/h2-8H,9H2,1H3;1H. The Morgan fingerprint density at radius 3 is 2.65 bits per heavy atom. The van der Waals surface area contributed by atoms with Crippen molar-refractivity contribution in [3.05, 3.63) is 68.4 Å². The first-order chi connectivity index (χ1) is 10.6. The van der Waals surface area contributed by atoms with E-state index in [1.807, 2.05) is 24.3 Å². The number of rotatable bonds is 3. The van der Waals surface area contributed by atoms with Gasteiger partial charge in [0.25, 0.3) is 5.56 Å². The summed E-state index contributed by atoms with van der Waals surface area (Å²) in [5.41, 5.74) is 1.61. The summed E-state index contributed by atoms with van der Waals surface area (Å²) in [4.78, 5) is 16.9. The van der Waals surface area contributed by atoms with Gasteiger partial charge in [0.1, 0.15) is 0 Å². The summed E-state index contributed by atoms with van der Waals surface area (Å²) >= 11 is 13.5. The average molecular weight is 432 g/mol. The molecule has 3 aromatic rings. The maximum atomic E-state index is 12.3. The van der Waals surface area contributed by atoms with Crippen LogP contribution < -0.4 is 5.56 Å². The SMILES string of the molecule is Br.Cn1c(SCc2ccc(Cl)cc2Cl)nc2ccccc2c1=O. The third-order valence-corrected chi connectivity index (χ3v) is 4.98. The topological polar surface area (TPSA) is 34.9 Å². The fourth-order valence-corrected chi connectivity index (χ4v) is 3.64. The quantitative estimate of drug-likeness (QED) is 0.426. The van der Waals surface area contributed by atoms with Crippen LogP contribution in [0.4, 0.5) is 0 Å². The number of hydrogen-bond acceptors (Lipinski definition) is 3. The molecule has 0 aliphatic rings. The summed E-state index contributed by atoms with van der Waals surface area (Å²) in [5, 5.41) is 2.51. The van der Waals surface area contributed by atoms with Gasteiger partial charge in [0.15, 0.2) is 5.16 Å². The number of fused-ring (bicyclic) bond motifs is 1. The van der Waals surface area contributed by atoms with Crippen molar-refractivity contribution in [2.24, 2.45) is 7.05 Å². The molecule has 0 radical (unpaired) electrons. The third kappa shape index (κ3) is 3.91. The summed E-state index contributed by atoms with van der Waals surface area (Å²) in [7, 11) is 1.73. The van der Waals surface area contributed by atoms with Crippen molar-refractivity contribution in [1.82, 2.24) is 9.55 Å². The van der Waals surface area contributed by atoms with Gasteiger partial charge in [-0.3, -0.25) is 9.36 Å². The average Bonchev–Trinajstić information content (AvgIpc) is 2.51. The van der Waals surface area contributed by atoms with Crippen LogP contribution in [0, 0.1) is 0 Å². The second-order valence-electron chi connectivity index (χ2n) is 4.80. The summed E-state index contributed by atoms with van der Waals surface area (Å²) < 4.78 is 1.57. The molecule has 120 valence electrons. The molecule has 0 atom stereocenters. The van der Waals surface area contributed by atoms with E-state index >= 15 is 0 Å². The summed E-state index contributed by atoms with van der Waals surface area (Å²) in [6.07, 6.45) is 0. The lowest BCUT2D eigenvalue weighted by atomic mass is 10.2.